The van der Waals surface area contributed by atoms with E-state index in [1.165, 1.54) is 29.7 Å². The van der Waals surface area contributed by atoms with Crippen LogP contribution in [0.1, 0.15) is 30.9 Å². The van der Waals surface area contributed by atoms with Gasteiger partial charge in [0.1, 0.15) is 0 Å². The summed E-state index contributed by atoms with van der Waals surface area (Å²) >= 11 is 0. The molecule has 2 rings (SSSR count). The summed E-state index contributed by atoms with van der Waals surface area (Å²) in [5, 5.41) is 3.55. The van der Waals surface area contributed by atoms with Crippen molar-refractivity contribution in [3.63, 3.8) is 0 Å². The molecule has 0 amide bonds. The van der Waals surface area contributed by atoms with E-state index < -0.39 is 0 Å². The number of rotatable bonds is 6. The van der Waals surface area contributed by atoms with Crippen molar-refractivity contribution in [2.75, 3.05) is 6.54 Å². The molecular formula is C18H21N. The fourth-order valence-corrected chi connectivity index (χ4v) is 1.97. The van der Waals surface area contributed by atoms with E-state index in [0.29, 0.717) is 0 Å². The summed E-state index contributed by atoms with van der Waals surface area (Å²) in [6, 6.07) is 20.9. The van der Waals surface area contributed by atoms with Crippen molar-refractivity contribution in [1.29, 1.82) is 0 Å². The topological polar surface area (TPSA) is 12.0 Å². The second kappa shape index (κ2) is 7.42. The van der Waals surface area contributed by atoms with Crippen LogP contribution in [0.25, 0.3) is 11.8 Å². The highest BCUT2D eigenvalue weighted by Gasteiger charge is 2.00. The molecule has 0 aliphatic heterocycles. The average Bonchev–Trinajstić information content (AvgIpc) is 2.48. The SMILES string of the molecule is CCCCN/C(=C/c1ccccc1)c1ccccc1. The van der Waals surface area contributed by atoms with E-state index in [1.54, 1.807) is 0 Å². The van der Waals surface area contributed by atoms with E-state index in [1.807, 2.05) is 6.07 Å². The molecular weight excluding hydrogens is 230 g/mol. The number of nitrogens with one attached hydrogen (secondary N) is 1. The lowest BCUT2D eigenvalue weighted by Gasteiger charge is -2.11. The van der Waals surface area contributed by atoms with E-state index in [2.05, 4.69) is 72.9 Å². The smallest absolute Gasteiger partial charge is 0.0419 e. The Morgan fingerprint density at radius 1 is 0.947 bits per heavy atom. The molecule has 0 atom stereocenters. The van der Waals surface area contributed by atoms with E-state index in [0.717, 1.165) is 6.54 Å². The third-order valence-electron chi connectivity index (χ3n) is 3.04. The average molecular weight is 251 g/mol. The Morgan fingerprint density at radius 2 is 1.58 bits per heavy atom. The Balaban J connectivity index is 2.22. The first-order valence-corrected chi connectivity index (χ1v) is 6.96. The van der Waals surface area contributed by atoms with Crippen LogP contribution in [-0.2, 0) is 0 Å². The van der Waals surface area contributed by atoms with E-state index in [9.17, 15) is 0 Å². The minimum absolute atomic E-state index is 1.02. The quantitative estimate of drug-likeness (QED) is 0.585. The van der Waals surface area contributed by atoms with E-state index >= 15 is 0 Å². The van der Waals surface area contributed by atoms with Crippen LogP contribution in [0, 0.1) is 0 Å². The molecule has 0 heterocycles. The molecule has 19 heavy (non-hydrogen) atoms. The lowest BCUT2D eigenvalue weighted by Crippen LogP contribution is -2.13. The molecule has 1 heteroatoms. The van der Waals surface area contributed by atoms with Crippen LogP contribution in [0.3, 0.4) is 0 Å². The van der Waals surface area contributed by atoms with Gasteiger partial charge in [-0.15, -0.1) is 0 Å². The summed E-state index contributed by atoms with van der Waals surface area (Å²) in [5.41, 5.74) is 3.66. The van der Waals surface area contributed by atoms with Crippen LogP contribution >= 0.6 is 0 Å². The lowest BCUT2D eigenvalue weighted by atomic mass is 10.1. The van der Waals surface area contributed by atoms with Crippen LogP contribution in [-0.4, -0.2) is 6.54 Å². The van der Waals surface area contributed by atoms with E-state index in [-0.39, 0.29) is 0 Å². The Bertz CT molecular complexity index is 500. The molecule has 0 unspecified atom stereocenters. The molecule has 0 radical (unpaired) electrons. The monoisotopic (exact) mass is 251 g/mol. The Hall–Kier alpha value is -2.02. The van der Waals surface area contributed by atoms with Gasteiger partial charge in [0.2, 0.25) is 0 Å². The molecule has 0 fully saturated rings. The fraction of sp³-hybridized carbons (Fsp3) is 0.222. The summed E-state index contributed by atoms with van der Waals surface area (Å²) in [4.78, 5) is 0. The van der Waals surface area contributed by atoms with Gasteiger partial charge >= 0.3 is 0 Å². The maximum atomic E-state index is 3.55. The van der Waals surface area contributed by atoms with Gasteiger partial charge in [0.05, 0.1) is 0 Å². The first kappa shape index (κ1) is 13.4. The van der Waals surface area contributed by atoms with Gasteiger partial charge in [-0.25, -0.2) is 0 Å². The van der Waals surface area contributed by atoms with Crippen molar-refractivity contribution in [2.24, 2.45) is 0 Å². The zero-order valence-corrected chi connectivity index (χ0v) is 11.5. The second-order valence-corrected chi connectivity index (χ2v) is 4.62. The third-order valence-corrected chi connectivity index (χ3v) is 3.04. The zero-order chi connectivity index (χ0) is 13.3. The normalized spacial score (nSPS) is 11.3. The number of hydrogen-bond donors (Lipinski definition) is 1. The molecule has 1 N–H and O–H groups in total. The van der Waals surface area contributed by atoms with Crippen molar-refractivity contribution in [3.05, 3.63) is 71.8 Å². The van der Waals surface area contributed by atoms with Gasteiger partial charge in [0.15, 0.2) is 0 Å². The maximum Gasteiger partial charge on any atom is 0.0419 e. The molecule has 2 aromatic carbocycles. The van der Waals surface area contributed by atoms with Gasteiger partial charge in [-0.2, -0.15) is 0 Å². The van der Waals surface area contributed by atoms with Gasteiger partial charge in [0, 0.05) is 12.2 Å². The molecule has 0 saturated carbocycles. The predicted molar refractivity (Wildman–Crippen MR) is 83.7 cm³/mol. The molecule has 0 spiro atoms. The Morgan fingerprint density at radius 3 is 2.21 bits per heavy atom. The lowest BCUT2D eigenvalue weighted by molar-refractivity contribution is 0.745. The van der Waals surface area contributed by atoms with Crippen LogP contribution in [0.4, 0.5) is 0 Å². The molecule has 0 saturated heterocycles. The molecule has 0 bridgehead atoms. The minimum Gasteiger partial charge on any atom is -0.385 e. The van der Waals surface area contributed by atoms with Crippen molar-refractivity contribution in [3.8, 4) is 0 Å². The van der Waals surface area contributed by atoms with Gasteiger partial charge in [-0.05, 0) is 23.6 Å². The molecule has 1 nitrogen and oxygen atoms in total. The molecule has 0 aliphatic carbocycles. The fourth-order valence-electron chi connectivity index (χ4n) is 1.97. The van der Waals surface area contributed by atoms with Gasteiger partial charge in [-0.1, -0.05) is 74.0 Å². The predicted octanol–water partition coefficient (Wildman–Crippen LogP) is 4.57. The first-order valence-electron chi connectivity index (χ1n) is 6.96. The van der Waals surface area contributed by atoms with E-state index in [4.69, 9.17) is 0 Å². The number of benzene rings is 2. The summed E-state index contributed by atoms with van der Waals surface area (Å²) in [6.07, 6.45) is 4.62. The third kappa shape index (κ3) is 4.29. The van der Waals surface area contributed by atoms with Crippen LogP contribution in [0.5, 0.6) is 0 Å². The minimum atomic E-state index is 1.02. The first-order chi connectivity index (χ1) is 9.40. The van der Waals surface area contributed by atoms with Crippen molar-refractivity contribution >= 4 is 11.8 Å². The largest absolute Gasteiger partial charge is 0.385 e. The highest BCUT2D eigenvalue weighted by Crippen LogP contribution is 2.15. The molecule has 2 aromatic rings. The molecule has 0 aliphatic rings. The van der Waals surface area contributed by atoms with Crippen LogP contribution in [0.2, 0.25) is 0 Å². The van der Waals surface area contributed by atoms with Crippen LogP contribution in [0.15, 0.2) is 60.7 Å². The molecule has 0 aromatic heterocycles. The van der Waals surface area contributed by atoms with Gasteiger partial charge < -0.3 is 5.32 Å². The number of hydrogen-bond acceptors (Lipinski definition) is 1. The second-order valence-electron chi connectivity index (χ2n) is 4.62. The summed E-state index contributed by atoms with van der Waals surface area (Å²) in [5.74, 6) is 0. The summed E-state index contributed by atoms with van der Waals surface area (Å²) < 4.78 is 0. The highest BCUT2D eigenvalue weighted by molar-refractivity contribution is 5.80. The molecule has 98 valence electrons. The van der Waals surface area contributed by atoms with Crippen molar-refractivity contribution < 1.29 is 0 Å². The Labute approximate surface area is 116 Å². The van der Waals surface area contributed by atoms with Gasteiger partial charge in [0.25, 0.3) is 0 Å². The van der Waals surface area contributed by atoms with Crippen LogP contribution < -0.4 is 5.32 Å². The summed E-state index contributed by atoms with van der Waals surface area (Å²) in [7, 11) is 0. The Kier molecular flexibility index (Phi) is 5.24. The zero-order valence-electron chi connectivity index (χ0n) is 11.5. The van der Waals surface area contributed by atoms with Crippen molar-refractivity contribution in [2.45, 2.75) is 19.8 Å². The van der Waals surface area contributed by atoms with Gasteiger partial charge in [-0.3, -0.25) is 0 Å². The van der Waals surface area contributed by atoms with Crippen molar-refractivity contribution in [1.82, 2.24) is 5.32 Å². The number of unbranched alkanes of at least 4 members (excludes halogenated alkanes) is 1. The highest BCUT2D eigenvalue weighted by atomic mass is 14.9. The standard InChI is InChI=1S/C18H21N/c1-2-3-14-19-18(17-12-8-5-9-13-17)15-16-10-6-4-7-11-16/h4-13,15,19H,2-3,14H2,1H3/b18-15+. The maximum absolute atomic E-state index is 3.55. The summed E-state index contributed by atoms with van der Waals surface area (Å²) in [6.45, 7) is 3.23.